The van der Waals surface area contributed by atoms with Gasteiger partial charge in [0.05, 0.1) is 0 Å². The van der Waals surface area contributed by atoms with Gasteiger partial charge in [-0.1, -0.05) is 155 Å². The molecule has 0 atom stereocenters. The Morgan fingerprint density at radius 2 is 0.906 bits per heavy atom. The van der Waals surface area contributed by atoms with Crippen molar-refractivity contribution >= 4 is 27.8 Å². The molecule has 8 aromatic rings. The first-order valence-corrected chi connectivity index (χ1v) is 18.8. The maximum Gasteiger partial charge on any atom is 0.0471 e. The van der Waals surface area contributed by atoms with Crippen LogP contribution in [-0.4, -0.2) is 0 Å². The summed E-state index contributed by atoms with van der Waals surface area (Å²) in [7, 11) is 0. The second kappa shape index (κ2) is 11.7. The molecule has 8 aromatic carbocycles. The molecule has 0 aromatic heterocycles. The van der Waals surface area contributed by atoms with Crippen LogP contribution >= 0.6 is 0 Å². The Morgan fingerprint density at radius 1 is 0.340 bits per heavy atom. The maximum absolute atomic E-state index is 2.55. The Hall–Kier alpha value is -6.18. The van der Waals surface area contributed by atoms with E-state index < -0.39 is 0 Å². The van der Waals surface area contributed by atoms with Gasteiger partial charge >= 0.3 is 0 Å². The summed E-state index contributed by atoms with van der Waals surface area (Å²) >= 11 is 0. The summed E-state index contributed by atoms with van der Waals surface area (Å²) in [5.74, 6) is 0. The average molecular weight is 680 g/mol. The fraction of sp³-hybridized carbons (Fsp3) is 0.115. The van der Waals surface area contributed by atoms with E-state index in [9.17, 15) is 0 Å². The van der Waals surface area contributed by atoms with Crippen LogP contribution < -0.4 is 4.90 Å². The molecular weight excluding hydrogens is 639 g/mol. The number of para-hydroxylation sites is 1. The predicted molar refractivity (Wildman–Crippen MR) is 225 cm³/mol. The Bertz CT molecular complexity index is 2690. The second-order valence-corrected chi connectivity index (χ2v) is 15.8. The van der Waals surface area contributed by atoms with Crippen molar-refractivity contribution in [2.75, 3.05) is 4.90 Å². The Balaban J connectivity index is 1.25. The summed E-state index contributed by atoms with van der Waals surface area (Å²) < 4.78 is 0. The highest BCUT2D eigenvalue weighted by Crippen LogP contribution is 2.59. The van der Waals surface area contributed by atoms with E-state index in [1.54, 1.807) is 0 Å². The molecule has 0 fully saturated rings. The average Bonchev–Trinajstić information content (AvgIpc) is 3.57. The lowest BCUT2D eigenvalue weighted by Gasteiger charge is -2.29. The number of benzene rings is 8. The zero-order valence-electron chi connectivity index (χ0n) is 30.7. The quantitative estimate of drug-likeness (QED) is 0.175. The summed E-state index contributed by atoms with van der Waals surface area (Å²) in [6, 6.07) is 65.1. The van der Waals surface area contributed by atoms with E-state index in [4.69, 9.17) is 0 Å². The highest BCUT2D eigenvalue weighted by molar-refractivity contribution is 6.05. The second-order valence-electron chi connectivity index (χ2n) is 15.8. The van der Waals surface area contributed by atoms with Crippen molar-refractivity contribution in [2.24, 2.45) is 0 Å². The maximum atomic E-state index is 2.55. The summed E-state index contributed by atoms with van der Waals surface area (Å²) in [6.07, 6.45) is 0. The van der Waals surface area contributed by atoms with E-state index in [2.05, 4.69) is 209 Å². The summed E-state index contributed by atoms with van der Waals surface area (Å²) in [4.78, 5) is 2.43. The van der Waals surface area contributed by atoms with Crippen LogP contribution in [0, 0.1) is 0 Å². The largest absolute Gasteiger partial charge is 0.310 e. The Labute approximate surface area is 312 Å². The molecule has 254 valence electrons. The lowest BCUT2D eigenvalue weighted by Crippen LogP contribution is -2.17. The lowest BCUT2D eigenvalue weighted by atomic mass is 9.79. The number of fused-ring (bicyclic) bond motifs is 7. The van der Waals surface area contributed by atoms with Crippen molar-refractivity contribution in [1.82, 2.24) is 0 Å². The molecule has 10 rings (SSSR count). The third-order valence-electron chi connectivity index (χ3n) is 12.0. The van der Waals surface area contributed by atoms with E-state index in [-0.39, 0.29) is 10.8 Å². The van der Waals surface area contributed by atoms with Gasteiger partial charge in [-0.3, -0.25) is 0 Å². The van der Waals surface area contributed by atoms with Gasteiger partial charge in [0.15, 0.2) is 0 Å². The molecule has 0 aliphatic heterocycles. The van der Waals surface area contributed by atoms with Gasteiger partial charge < -0.3 is 4.90 Å². The number of anilines is 3. The predicted octanol–water partition coefficient (Wildman–Crippen LogP) is 14.3. The topological polar surface area (TPSA) is 3.24 Å². The first-order valence-electron chi connectivity index (χ1n) is 18.8. The zero-order chi connectivity index (χ0) is 35.9. The minimum absolute atomic E-state index is 0.0799. The smallest absolute Gasteiger partial charge is 0.0471 e. The van der Waals surface area contributed by atoms with Gasteiger partial charge in [0.1, 0.15) is 0 Å². The Morgan fingerprint density at radius 3 is 1.70 bits per heavy atom. The van der Waals surface area contributed by atoms with Crippen molar-refractivity contribution in [1.29, 1.82) is 0 Å². The molecule has 1 nitrogen and oxygen atoms in total. The molecule has 2 aliphatic rings. The fourth-order valence-electron chi connectivity index (χ4n) is 9.29. The van der Waals surface area contributed by atoms with Crippen LogP contribution in [0.5, 0.6) is 0 Å². The van der Waals surface area contributed by atoms with Gasteiger partial charge in [0.25, 0.3) is 0 Å². The van der Waals surface area contributed by atoms with Crippen molar-refractivity contribution in [3.05, 3.63) is 198 Å². The third-order valence-corrected chi connectivity index (χ3v) is 12.0. The van der Waals surface area contributed by atoms with Crippen LogP contribution in [0.15, 0.2) is 176 Å². The highest BCUT2D eigenvalue weighted by atomic mass is 15.1. The molecule has 0 saturated heterocycles. The highest BCUT2D eigenvalue weighted by Gasteiger charge is 2.43. The van der Waals surface area contributed by atoms with Crippen molar-refractivity contribution < 1.29 is 0 Å². The number of nitrogens with zero attached hydrogens (tertiary/aromatic N) is 1. The van der Waals surface area contributed by atoms with Gasteiger partial charge in [-0.15, -0.1) is 0 Å². The van der Waals surface area contributed by atoms with Crippen LogP contribution in [0.3, 0.4) is 0 Å². The molecule has 0 saturated carbocycles. The van der Waals surface area contributed by atoms with Crippen LogP contribution in [0.2, 0.25) is 0 Å². The van der Waals surface area contributed by atoms with Crippen LogP contribution in [0.1, 0.15) is 49.9 Å². The van der Waals surface area contributed by atoms with Crippen LogP contribution in [0.25, 0.3) is 55.3 Å². The Kier molecular flexibility index (Phi) is 6.94. The van der Waals surface area contributed by atoms with Gasteiger partial charge in [-0.2, -0.15) is 0 Å². The van der Waals surface area contributed by atoms with E-state index in [1.807, 2.05) is 0 Å². The zero-order valence-corrected chi connectivity index (χ0v) is 30.7. The standard InChI is InChI=1S/C52H41N/c1-51(2)46-25-14-13-23-42(46)43-32-48-45(33-47(43)51)50-44(41-24-15-19-36-18-11-12-22-40(36)41)30-39(31-49(50)52(48,3)4)53(37-20-9-6-10-21-37)38-28-26-35(27-29-38)34-16-7-5-8-17-34/h5-33H,1-4H3. The number of hydrogen-bond donors (Lipinski definition) is 0. The van der Waals surface area contributed by atoms with Crippen molar-refractivity contribution in [2.45, 2.75) is 38.5 Å². The molecule has 53 heavy (non-hydrogen) atoms. The SMILES string of the molecule is CC1(C)c2ccccc2-c2cc3c(cc21)-c1c(-c2cccc4ccccc24)cc(N(c2ccccc2)c2ccc(-c4ccccc4)cc2)cc1C3(C)C. The molecule has 0 bridgehead atoms. The first kappa shape index (κ1) is 31.5. The molecule has 0 amide bonds. The lowest BCUT2D eigenvalue weighted by molar-refractivity contribution is 0.652. The first-order chi connectivity index (χ1) is 25.8. The van der Waals surface area contributed by atoms with Crippen molar-refractivity contribution in [3.8, 4) is 44.5 Å². The minimum Gasteiger partial charge on any atom is -0.310 e. The van der Waals surface area contributed by atoms with E-state index in [1.165, 1.54) is 77.5 Å². The molecule has 2 aliphatic carbocycles. The summed E-state index contributed by atoms with van der Waals surface area (Å²) in [6.45, 7) is 9.63. The van der Waals surface area contributed by atoms with E-state index in [0.29, 0.717) is 0 Å². The number of rotatable bonds is 5. The van der Waals surface area contributed by atoms with E-state index >= 15 is 0 Å². The summed E-state index contributed by atoms with van der Waals surface area (Å²) in [5, 5.41) is 2.52. The van der Waals surface area contributed by atoms with Gasteiger partial charge in [-0.25, -0.2) is 0 Å². The van der Waals surface area contributed by atoms with Gasteiger partial charge in [0.2, 0.25) is 0 Å². The molecule has 0 N–H and O–H groups in total. The van der Waals surface area contributed by atoms with Crippen LogP contribution in [-0.2, 0) is 10.8 Å². The molecular formula is C52H41N. The molecule has 0 heterocycles. The third kappa shape index (κ3) is 4.77. The molecule has 0 radical (unpaired) electrons. The normalized spacial score (nSPS) is 14.3. The number of hydrogen-bond acceptors (Lipinski definition) is 1. The molecule has 1 heteroatoms. The summed E-state index contributed by atoms with van der Waals surface area (Å²) in [5.41, 5.74) is 19.1. The molecule has 0 unspecified atom stereocenters. The van der Waals surface area contributed by atoms with E-state index in [0.717, 1.165) is 17.1 Å². The van der Waals surface area contributed by atoms with Crippen molar-refractivity contribution in [3.63, 3.8) is 0 Å². The minimum atomic E-state index is -0.226. The fourth-order valence-corrected chi connectivity index (χ4v) is 9.29. The van der Waals surface area contributed by atoms with Gasteiger partial charge in [-0.05, 0) is 126 Å². The van der Waals surface area contributed by atoms with Gasteiger partial charge in [0, 0.05) is 27.9 Å². The monoisotopic (exact) mass is 679 g/mol. The molecule has 0 spiro atoms. The van der Waals surface area contributed by atoms with Crippen LogP contribution in [0.4, 0.5) is 17.1 Å².